The van der Waals surface area contributed by atoms with E-state index in [1.807, 2.05) is 0 Å². The molecule has 59 heavy (non-hydrogen) atoms. The second kappa shape index (κ2) is 20.8. The number of amides is 1. The van der Waals surface area contributed by atoms with Crippen LogP contribution in [0.1, 0.15) is 6.92 Å². The van der Waals surface area contributed by atoms with Gasteiger partial charge in [0.05, 0.1) is 33.0 Å². The van der Waals surface area contributed by atoms with E-state index in [9.17, 15) is 86.5 Å². The van der Waals surface area contributed by atoms with Crippen LogP contribution in [0, 0.1) is 0 Å². The summed E-state index contributed by atoms with van der Waals surface area (Å²) < 4.78 is 49.6. The Hall–Kier alpha value is -1.53. The van der Waals surface area contributed by atoms with Crippen LogP contribution in [0.2, 0.25) is 0 Å². The van der Waals surface area contributed by atoms with E-state index < -0.39 is 192 Å². The van der Waals surface area contributed by atoms with Gasteiger partial charge in [-0.1, -0.05) is 0 Å². The monoisotopic (exact) mass is 869 g/mol. The molecular weight excluding hydrogens is 814 g/mol. The lowest BCUT2D eigenvalue weighted by Gasteiger charge is -2.48. The Labute approximate surface area is 333 Å². The Balaban J connectivity index is 1.28. The molecule has 5 aliphatic heterocycles. The maximum absolute atomic E-state index is 12.2. The van der Waals surface area contributed by atoms with Gasteiger partial charge in [0, 0.05) is 6.92 Å². The lowest BCUT2D eigenvalue weighted by atomic mass is 9.95. The third-order valence-electron chi connectivity index (χ3n) is 10.7. The van der Waals surface area contributed by atoms with Gasteiger partial charge in [0.25, 0.3) is 0 Å². The molecule has 5 aliphatic rings. The van der Waals surface area contributed by atoms with Crippen molar-refractivity contribution in [1.29, 1.82) is 0 Å². The first-order valence-corrected chi connectivity index (χ1v) is 18.6. The Morgan fingerprint density at radius 3 is 1.41 bits per heavy atom. The van der Waals surface area contributed by atoms with Crippen molar-refractivity contribution in [1.82, 2.24) is 5.32 Å². The Morgan fingerprint density at radius 1 is 0.441 bits per heavy atom. The standard InChI is InChI=1S/C32H55NO26/c1-7(37)33-13-18(42)15(39)11(5-52-31-24(48)20(44)16(40)12(57-31)6-51-30-23(47)19(43)14(38)8(2-34)54-30)56-29(13)59-27-17(41)9(3-35)55-32(25(27)49)58-26-10(4-36)53-28(50)22(46)21(26)45/h8-32,34-36,38-50H,2-6H2,1H3,(H,33,37)/t8-,9-,10-,11-,12-,13-,14+,15-,16-,17+,18-,19+,20+,21-,22-,23-,24-,25-,26-,27+,28-,29+,30-,31-,32+/m1/s1. The lowest BCUT2D eigenvalue weighted by Crippen LogP contribution is -2.68. The number of carbonyl (C=O) groups is 1. The zero-order valence-corrected chi connectivity index (χ0v) is 31.2. The third-order valence-corrected chi connectivity index (χ3v) is 10.7. The minimum Gasteiger partial charge on any atom is -0.394 e. The molecule has 0 unspecified atom stereocenters. The average Bonchev–Trinajstić information content (AvgIpc) is 3.21. The minimum absolute atomic E-state index is 0.700. The highest BCUT2D eigenvalue weighted by Crippen LogP contribution is 2.33. The van der Waals surface area contributed by atoms with Crippen molar-refractivity contribution >= 4 is 5.91 Å². The van der Waals surface area contributed by atoms with E-state index in [1.54, 1.807) is 0 Å². The zero-order chi connectivity index (χ0) is 43.6. The number of ether oxygens (including phenoxy) is 9. The summed E-state index contributed by atoms with van der Waals surface area (Å²) in [6.07, 6.45) is -43.3. The van der Waals surface area contributed by atoms with Gasteiger partial charge in [0.15, 0.2) is 31.5 Å². The molecule has 0 aromatic rings. The van der Waals surface area contributed by atoms with E-state index in [-0.39, 0.29) is 0 Å². The molecule has 0 aromatic carbocycles. The first-order valence-electron chi connectivity index (χ1n) is 18.6. The minimum atomic E-state index is -2.08. The summed E-state index contributed by atoms with van der Waals surface area (Å²) in [5.41, 5.74) is 0. The van der Waals surface area contributed by atoms with E-state index in [1.165, 1.54) is 0 Å². The van der Waals surface area contributed by atoms with Crippen molar-refractivity contribution in [3.8, 4) is 0 Å². The summed E-state index contributed by atoms with van der Waals surface area (Å²) >= 11 is 0. The molecule has 27 nitrogen and oxygen atoms in total. The Morgan fingerprint density at radius 2 is 0.881 bits per heavy atom. The fraction of sp³-hybridized carbons (Fsp3) is 0.969. The Bertz CT molecular complexity index is 1320. The fourth-order valence-electron chi connectivity index (χ4n) is 7.22. The molecule has 5 rings (SSSR count). The second-order valence-corrected chi connectivity index (χ2v) is 14.8. The summed E-state index contributed by atoms with van der Waals surface area (Å²) in [6.45, 7) is -3.04. The van der Waals surface area contributed by atoms with E-state index in [4.69, 9.17) is 42.6 Å². The number of aliphatic hydroxyl groups excluding tert-OH is 16. The molecule has 344 valence electrons. The van der Waals surface area contributed by atoms with Gasteiger partial charge in [-0.15, -0.1) is 0 Å². The first-order chi connectivity index (χ1) is 27.8. The fourth-order valence-corrected chi connectivity index (χ4v) is 7.22. The van der Waals surface area contributed by atoms with Gasteiger partial charge >= 0.3 is 0 Å². The van der Waals surface area contributed by atoms with Gasteiger partial charge in [-0.05, 0) is 0 Å². The summed E-state index contributed by atoms with van der Waals surface area (Å²) in [5.74, 6) is -0.777. The largest absolute Gasteiger partial charge is 0.394 e. The zero-order valence-electron chi connectivity index (χ0n) is 31.2. The van der Waals surface area contributed by atoms with Gasteiger partial charge in [0.1, 0.15) is 122 Å². The van der Waals surface area contributed by atoms with Crippen molar-refractivity contribution < 1.29 is 129 Å². The third kappa shape index (κ3) is 10.5. The van der Waals surface area contributed by atoms with Crippen LogP contribution in [0.5, 0.6) is 0 Å². The molecule has 1 amide bonds. The van der Waals surface area contributed by atoms with Gasteiger partial charge in [-0.2, -0.15) is 0 Å². The average molecular weight is 870 g/mol. The molecule has 0 aliphatic carbocycles. The molecular formula is C32H55NO26. The number of aliphatic hydroxyl groups is 16. The molecule has 0 aromatic heterocycles. The van der Waals surface area contributed by atoms with Gasteiger partial charge in [-0.3, -0.25) is 4.79 Å². The van der Waals surface area contributed by atoms with Crippen molar-refractivity contribution in [2.24, 2.45) is 0 Å². The van der Waals surface area contributed by atoms with Crippen LogP contribution in [-0.4, -0.2) is 274 Å². The van der Waals surface area contributed by atoms with Crippen LogP contribution in [0.4, 0.5) is 0 Å². The van der Waals surface area contributed by atoms with Gasteiger partial charge < -0.3 is 130 Å². The van der Waals surface area contributed by atoms with E-state index in [0.29, 0.717) is 0 Å². The van der Waals surface area contributed by atoms with Crippen LogP contribution < -0.4 is 5.32 Å². The smallest absolute Gasteiger partial charge is 0.217 e. The first kappa shape index (κ1) is 48.5. The van der Waals surface area contributed by atoms with Crippen LogP contribution in [0.25, 0.3) is 0 Å². The number of nitrogens with one attached hydrogen (secondary N) is 1. The predicted octanol–water partition coefficient (Wildman–Crippen LogP) is -11.8. The SMILES string of the molecule is CC(=O)N[C@H]1[C@H](O[C@H]2[C@@H](O)[C@@H](CO)O[C@@H](O[C@H]3[C@H](O)[C@@H](O)[C@H](O)O[C@@H]3CO)[C@@H]2O)O[C@H](CO[C@@H]2O[C@H](CO[C@@H]3O[C@H](CO)[C@H](O)[C@H](O)[C@H]3O)[C@@H](O)[C@H](O)[C@H]2O)[C@@H](O)[C@@H]1O. The summed E-state index contributed by atoms with van der Waals surface area (Å²) in [6, 6.07) is -1.64. The van der Waals surface area contributed by atoms with E-state index in [2.05, 4.69) is 5.32 Å². The molecule has 0 radical (unpaired) electrons. The van der Waals surface area contributed by atoms with Crippen molar-refractivity contribution in [2.45, 2.75) is 160 Å². The summed E-state index contributed by atoms with van der Waals surface area (Å²) in [7, 11) is 0. The molecule has 0 spiro atoms. The molecule has 5 heterocycles. The molecule has 27 heteroatoms. The summed E-state index contributed by atoms with van der Waals surface area (Å²) in [4.78, 5) is 12.2. The molecule has 0 saturated carbocycles. The maximum Gasteiger partial charge on any atom is 0.217 e. The van der Waals surface area contributed by atoms with Gasteiger partial charge in [0.2, 0.25) is 5.91 Å². The van der Waals surface area contributed by atoms with Crippen molar-refractivity contribution in [2.75, 3.05) is 33.0 Å². The number of hydrogen-bond acceptors (Lipinski definition) is 26. The molecule has 5 fully saturated rings. The lowest BCUT2D eigenvalue weighted by molar-refractivity contribution is -0.375. The normalized spacial score (nSPS) is 51.0. The second-order valence-electron chi connectivity index (χ2n) is 14.8. The molecule has 17 N–H and O–H groups in total. The van der Waals surface area contributed by atoms with Crippen LogP contribution in [-0.2, 0) is 47.4 Å². The van der Waals surface area contributed by atoms with Crippen molar-refractivity contribution in [3.05, 3.63) is 0 Å². The van der Waals surface area contributed by atoms with E-state index in [0.717, 1.165) is 6.92 Å². The van der Waals surface area contributed by atoms with Crippen LogP contribution in [0.3, 0.4) is 0 Å². The number of hydrogen-bond donors (Lipinski definition) is 17. The molecule has 25 atom stereocenters. The highest BCUT2D eigenvalue weighted by atomic mass is 16.8. The summed E-state index contributed by atoms with van der Waals surface area (Å²) in [5, 5.41) is 169. The topological polar surface area (TPSA) is 436 Å². The number of rotatable bonds is 14. The van der Waals surface area contributed by atoms with Crippen LogP contribution >= 0.6 is 0 Å². The number of carbonyl (C=O) groups excluding carboxylic acids is 1. The van der Waals surface area contributed by atoms with Crippen molar-refractivity contribution in [3.63, 3.8) is 0 Å². The highest BCUT2D eigenvalue weighted by Gasteiger charge is 2.55. The highest BCUT2D eigenvalue weighted by molar-refractivity contribution is 5.73. The quantitative estimate of drug-likeness (QED) is 0.0770. The molecule has 0 bridgehead atoms. The van der Waals surface area contributed by atoms with Crippen LogP contribution in [0.15, 0.2) is 0 Å². The van der Waals surface area contributed by atoms with E-state index >= 15 is 0 Å². The molecule has 5 saturated heterocycles. The predicted molar refractivity (Wildman–Crippen MR) is 178 cm³/mol. The Kier molecular flexibility index (Phi) is 17.1. The maximum atomic E-state index is 12.2. The van der Waals surface area contributed by atoms with Gasteiger partial charge in [-0.25, -0.2) is 0 Å².